The molecule has 0 saturated carbocycles. The number of hydrogen-bond donors (Lipinski definition) is 1. The molecule has 1 aliphatic heterocycles. The lowest BCUT2D eigenvalue weighted by atomic mass is 10.2. The van der Waals surface area contributed by atoms with Crippen molar-refractivity contribution in [2.75, 3.05) is 36.4 Å². The van der Waals surface area contributed by atoms with Crippen molar-refractivity contribution in [3.8, 4) is 6.07 Å². The minimum absolute atomic E-state index is 0.0456. The highest BCUT2D eigenvalue weighted by atomic mass is 16.2. The van der Waals surface area contributed by atoms with Crippen molar-refractivity contribution in [2.45, 2.75) is 0 Å². The summed E-state index contributed by atoms with van der Waals surface area (Å²) in [5.74, 6) is -0.0456. The Morgan fingerprint density at radius 1 is 0.931 bits per heavy atom. The van der Waals surface area contributed by atoms with E-state index in [-0.39, 0.29) is 5.91 Å². The van der Waals surface area contributed by atoms with Gasteiger partial charge in [0.05, 0.1) is 23.5 Å². The Kier molecular flexibility index (Phi) is 5.39. The number of hydrogen-bond acceptors (Lipinski definition) is 5. The van der Waals surface area contributed by atoms with Crippen LogP contribution in [-0.2, 0) is 0 Å². The van der Waals surface area contributed by atoms with E-state index in [1.165, 1.54) is 5.69 Å². The molecule has 1 aliphatic rings. The lowest BCUT2D eigenvalue weighted by Crippen LogP contribution is -2.49. The molecule has 144 valence electrons. The molecule has 1 aromatic heterocycles. The van der Waals surface area contributed by atoms with E-state index in [2.05, 4.69) is 33.4 Å². The Morgan fingerprint density at radius 3 is 2.41 bits per heavy atom. The molecule has 6 nitrogen and oxygen atoms in total. The predicted octanol–water partition coefficient (Wildman–Crippen LogP) is 3.66. The first kappa shape index (κ1) is 18.5. The summed E-state index contributed by atoms with van der Waals surface area (Å²) in [6.45, 7) is 2.97. The molecule has 0 unspecified atom stereocenters. The standard InChI is InChI=1S/C23H21N5O/c24-16-18-5-4-6-19(15-18)26-20-9-10-22(25-17-20)23(29)28-13-11-27(12-14-28)21-7-2-1-3-8-21/h1-10,15,17,26H,11-14H2. The first-order valence-electron chi connectivity index (χ1n) is 9.55. The molecule has 2 heterocycles. The highest BCUT2D eigenvalue weighted by molar-refractivity contribution is 5.92. The van der Waals surface area contributed by atoms with Crippen LogP contribution in [0.4, 0.5) is 17.1 Å². The molecular formula is C23H21N5O. The molecule has 0 bridgehead atoms. The molecule has 3 aromatic rings. The SMILES string of the molecule is N#Cc1cccc(Nc2ccc(C(=O)N3CCN(c4ccccc4)CC3)nc2)c1. The molecule has 1 amide bonds. The van der Waals surface area contributed by atoms with Gasteiger partial charge in [-0.3, -0.25) is 4.79 Å². The quantitative estimate of drug-likeness (QED) is 0.744. The fourth-order valence-electron chi connectivity index (χ4n) is 3.40. The van der Waals surface area contributed by atoms with E-state index in [0.717, 1.165) is 24.5 Å². The van der Waals surface area contributed by atoms with Gasteiger partial charge < -0.3 is 15.1 Å². The number of amides is 1. The normalized spacial score (nSPS) is 13.6. The van der Waals surface area contributed by atoms with Crippen LogP contribution in [0.1, 0.15) is 16.1 Å². The van der Waals surface area contributed by atoms with E-state index < -0.39 is 0 Å². The van der Waals surface area contributed by atoms with Gasteiger partial charge >= 0.3 is 0 Å². The average Bonchev–Trinajstić information content (AvgIpc) is 2.80. The number of carbonyl (C=O) groups is 1. The smallest absolute Gasteiger partial charge is 0.272 e. The van der Waals surface area contributed by atoms with Crippen LogP contribution in [0.5, 0.6) is 0 Å². The maximum atomic E-state index is 12.8. The zero-order valence-electron chi connectivity index (χ0n) is 16.0. The van der Waals surface area contributed by atoms with Crippen molar-refractivity contribution in [3.63, 3.8) is 0 Å². The largest absolute Gasteiger partial charge is 0.368 e. The number of pyridine rings is 1. The van der Waals surface area contributed by atoms with Crippen LogP contribution in [0.2, 0.25) is 0 Å². The zero-order chi connectivity index (χ0) is 20.1. The molecule has 29 heavy (non-hydrogen) atoms. The van der Waals surface area contributed by atoms with E-state index in [0.29, 0.717) is 24.3 Å². The number of piperazine rings is 1. The van der Waals surface area contributed by atoms with E-state index >= 15 is 0 Å². The van der Waals surface area contributed by atoms with Gasteiger partial charge in [-0.15, -0.1) is 0 Å². The number of aromatic nitrogens is 1. The first-order chi connectivity index (χ1) is 14.2. The lowest BCUT2D eigenvalue weighted by Gasteiger charge is -2.36. The predicted molar refractivity (Wildman–Crippen MR) is 113 cm³/mol. The van der Waals surface area contributed by atoms with Crippen LogP contribution >= 0.6 is 0 Å². The summed E-state index contributed by atoms with van der Waals surface area (Å²) in [6.07, 6.45) is 1.65. The molecule has 1 N–H and O–H groups in total. The minimum Gasteiger partial charge on any atom is -0.368 e. The van der Waals surface area contributed by atoms with Crippen molar-refractivity contribution in [2.24, 2.45) is 0 Å². The van der Waals surface area contributed by atoms with Crippen LogP contribution in [0, 0.1) is 11.3 Å². The summed E-state index contributed by atoms with van der Waals surface area (Å²) >= 11 is 0. The van der Waals surface area contributed by atoms with Gasteiger partial charge in [0.2, 0.25) is 0 Å². The van der Waals surface area contributed by atoms with Crippen LogP contribution < -0.4 is 10.2 Å². The maximum absolute atomic E-state index is 12.8. The van der Waals surface area contributed by atoms with E-state index in [1.54, 1.807) is 24.4 Å². The number of nitrogens with zero attached hydrogens (tertiary/aromatic N) is 4. The molecule has 4 rings (SSSR count). The number of carbonyl (C=O) groups excluding carboxylic acids is 1. The minimum atomic E-state index is -0.0456. The Balaban J connectivity index is 1.36. The van der Waals surface area contributed by atoms with Crippen molar-refractivity contribution in [1.29, 1.82) is 5.26 Å². The number of anilines is 3. The van der Waals surface area contributed by atoms with Crippen LogP contribution in [0.3, 0.4) is 0 Å². The topological polar surface area (TPSA) is 72.3 Å². The lowest BCUT2D eigenvalue weighted by molar-refractivity contribution is 0.0741. The number of nitrogens with one attached hydrogen (secondary N) is 1. The third-order valence-electron chi connectivity index (χ3n) is 4.95. The maximum Gasteiger partial charge on any atom is 0.272 e. The third kappa shape index (κ3) is 4.36. The van der Waals surface area contributed by atoms with Gasteiger partial charge in [-0.05, 0) is 42.5 Å². The van der Waals surface area contributed by atoms with E-state index in [4.69, 9.17) is 5.26 Å². The van der Waals surface area contributed by atoms with E-state index in [9.17, 15) is 4.79 Å². The van der Waals surface area contributed by atoms with Gasteiger partial charge in [-0.25, -0.2) is 4.98 Å². The Bertz CT molecular complexity index is 1020. The molecule has 1 fully saturated rings. The molecule has 0 atom stereocenters. The fourth-order valence-corrected chi connectivity index (χ4v) is 3.40. The molecular weight excluding hydrogens is 362 g/mol. The first-order valence-corrected chi connectivity index (χ1v) is 9.55. The third-order valence-corrected chi connectivity index (χ3v) is 4.95. The van der Waals surface area contributed by atoms with Crippen LogP contribution in [0.25, 0.3) is 0 Å². The second-order valence-electron chi connectivity index (χ2n) is 6.86. The summed E-state index contributed by atoms with van der Waals surface area (Å²) in [5, 5.41) is 12.2. The average molecular weight is 383 g/mol. The number of benzene rings is 2. The van der Waals surface area contributed by atoms with Crippen molar-refractivity contribution < 1.29 is 4.79 Å². The van der Waals surface area contributed by atoms with Crippen molar-refractivity contribution in [3.05, 3.63) is 84.2 Å². The van der Waals surface area contributed by atoms with Crippen LogP contribution in [-0.4, -0.2) is 42.0 Å². The van der Waals surface area contributed by atoms with Crippen molar-refractivity contribution in [1.82, 2.24) is 9.88 Å². The number of rotatable bonds is 4. The van der Waals surface area contributed by atoms with Gasteiger partial charge in [0, 0.05) is 37.6 Å². The Morgan fingerprint density at radius 2 is 1.72 bits per heavy atom. The van der Waals surface area contributed by atoms with Gasteiger partial charge in [-0.2, -0.15) is 5.26 Å². The summed E-state index contributed by atoms with van der Waals surface area (Å²) in [4.78, 5) is 21.3. The van der Waals surface area contributed by atoms with Crippen molar-refractivity contribution >= 4 is 23.0 Å². The molecule has 0 aliphatic carbocycles. The molecule has 0 radical (unpaired) electrons. The summed E-state index contributed by atoms with van der Waals surface area (Å²) in [6, 6.07) is 23.2. The highest BCUT2D eigenvalue weighted by Crippen LogP contribution is 2.19. The van der Waals surface area contributed by atoms with Gasteiger partial charge in [-0.1, -0.05) is 24.3 Å². The molecule has 2 aromatic carbocycles. The van der Waals surface area contributed by atoms with E-state index in [1.807, 2.05) is 41.3 Å². The summed E-state index contributed by atoms with van der Waals surface area (Å²) < 4.78 is 0. The highest BCUT2D eigenvalue weighted by Gasteiger charge is 2.23. The fraction of sp³-hybridized carbons (Fsp3) is 0.174. The monoisotopic (exact) mass is 383 g/mol. The Labute approximate surface area is 170 Å². The van der Waals surface area contributed by atoms with Gasteiger partial charge in [0.1, 0.15) is 5.69 Å². The van der Waals surface area contributed by atoms with Crippen LogP contribution in [0.15, 0.2) is 72.9 Å². The second kappa shape index (κ2) is 8.44. The summed E-state index contributed by atoms with van der Waals surface area (Å²) in [5.41, 5.74) is 3.79. The summed E-state index contributed by atoms with van der Waals surface area (Å²) in [7, 11) is 0. The number of nitriles is 1. The van der Waals surface area contributed by atoms with Gasteiger partial charge in [0.25, 0.3) is 5.91 Å². The molecule has 6 heteroatoms. The molecule has 0 spiro atoms. The second-order valence-corrected chi connectivity index (χ2v) is 6.86. The zero-order valence-corrected chi connectivity index (χ0v) is 16.0. The van der Waals surface area contributed by atoms with Gasteiger partial charge in [0.15, 0.2) is 0 Å². The Hall–Kier alpha value is -3.85. The molecule has 1 saturated heterocycles. The number of para-hydroxylation sites is 1.